The Balaban J connectivity index is 2.24. The number of rotatable bonds is 3. The zero-order valence-electron chi connectivity index (χ0n) is 13.0. The van der Waals surface area contributed by atoms with Crippen LogP contribution in [0.5, 0.6) is 0 Å². The number of piperidine rings is 1. The average Bonchev–Trinajstić information content (AvgIpc) is 2.44. The number of hydrogen-bond acceptors (Lipinski definition) is 3. The maximum Gasteiger partial charge on any atom is 0.254 e. The lowest BCUT2D eigenvalue weighted by Crippen LogP contribution is -2.43. The van der Waals surface area contributed by atoms with Gasteiger partial charge in [-0.15, -0.1) is 0 Å². The van der Waals surface area contributed by atoms with Crippen molar-refractivity contribution in [2.24, 2.45) is 5.41 Å². The molecule has 4 nitrogen and oxygen atoms in total. The van der Waals surface area contributed by atoms with E-state index in [1.54, 1.807) is 0 Å². The summed E-state index contributed by atoms with van der Waals surface area (Å²) in [6, 6.07) is 3.77. The summed E-state index contributed by atoms with van der Waals surface area (Å²) in [5.74, 6) is 0.898. The van der Waals surface area contributed by atoms with Crippen molar-refractivity contribution in [1.82, 2.24) is 9.88 Å². The van der Waals surface area contributed by atoms with E-state index in [2.05, 4.69) is 31.1 Å². The standard InChI is InChI=1S/C16H25N3O/c1-5-13-9-12(10-14(17-4)18-13)15(20)19-8-6-7-16(2,3)11-19/h9-10H,5-8,11H2,1-4H3,(H,17,18). The molecule has 2 rings (SSSR count). The molecule has 2 heterocycles. The van der Waals surface area contributed by atoms with Crippen molar-refractivity contribution in [3.63, 3.8) is 0 Å². The molecule has 0 spiro atoms. The number of anilines is 1. The third-order valence-electron chi connectivity index (χ3n) is 3.93. The summed E-state index contributed by atoms with van der Waals surface area (Å²) in [4.78, 5) is 19.1. The first kappa shape index (κ1) is 14.8. The Hall–Kier alpha value is -1.58. The summed E-state index contributed by atoms with van der Waals surface area (Å²) in [7, 11) is 1.83. The second kappa shape index (κ2) is 5.81. The molecule has 1 N–H and O–H groups in total. The second-order valence-electron chi connectivity index (χ2n) is 6.33. The van der Waals surface area contributed by atoms with Gasteiger partial charge in [-0.3, -0.25) is 4.79 Å². The van der Waals surface area contributed by atoms with Crippen molar-refractivity contribution >= 4 is 11.7 Å². The van der Waals surface area contributed by atoms with E-state index >= 15 is 0 Å². The van der Waals surface area contributed by atoms with Crippen molar-refractivity contribution in [2.75, 3.05) is 25.5 Å². The van der Waals surface area contributed by atoms with Crippen LogP contribution < -0.4 is 5.32 Å². The fraction of sp³-hybridized carbons (Fsp3) is 0.625. The highest BCUT2D eigenvalue weighted by atomic mass is 16.2. The first-order valence-electron chi connectivity index (χ1n) is 7.43. The number of amides is 1. The van der Waals surface area contributed by atoms with Crippen LogP contribution in [0, 0.1) is 5.41 Å². The van der Waals surface area contributed by atoms with Crippen LogP contribution in [-0.4, -0.2) is 35.9 Å². The van der Waals surface area contributed by atoms with Gasteiger partial charge in [0.15, 0.2) is 0 Å². The molecule has 1 aliphatic heterocycles. The Morgan fingerprint density at radius 3 is 2.80 bits per heavy atom. The fourth-order valence-corrected chi connectivity index (χ4v) is 2.80. The van der Waals surface area contributed by atoms with E-state index in [0.717, 1.165) is 43.0 Å². The molecule has 0 aliphatic carbocycles. The van der Waals surface area contributed by atoms with Gasteiger partial charge in [0.2, 0.25) is 0 Å². The molecule has 1 aromatic rings. The maximum absolute atomic E-state index is 12.7. The van der Waals surface area contributed by atoms with E-state index in [-0.39, 0.29) is 11.3 Å². The zero-order chi connectivity index (χ0) is 14.8. The Bertz CT molecular complexity index is 474. The molecule has 110 valence electrons. The van der Waals surface area contributed by atoms with Crippen LogP contribution in [0.15, 0.2) is 12.1 Å². The van der Waals surface area contributed by atoms with Gasteiger partial charge in [0.1, 0.15) is 5.82 Å². The van der Waals surface area contributed by atoms with Crippen LogP contribution in [0.2, 0.25) is 0 Å². The van der Waals surface area contributed by atoms with Crippen LogP contribution in [0.4, 0.5) is 5.82 Å². The molecule has 1 amide bonds. The smallest absolute Gasteiger partial charge is 0.254 e. The number of aromatic nitrogens is 1. The van der Waals surface area contributed by atoms with Crippen molar-refractivity contribution in [3.8, 4) is 0 Å². The number of aryl methyl sites for hydroxylation is 1. The van der Waals surface area contributed by atoms with E-state index < -0.39 is 0 Å². The lowest BCUT2D eigenvalue weighted by Gasteiger charge is -2.38. The number of pyridine rings is 1. The molecule has 4 heteroatoms. The van der Waals surface area contributed by atoms with E-state index in [1.165, 1.54) is 6.42 Å². The minimum atomic E-state index is 0.131. The minimum absolute atomic E-state index is 0.131. The highest BCUT2D eigenvalue weighted by Crippen LogP contribution is 2.29. The third-order valence-corrected chi connectivity index (χ3v) is 3.93. The predicted molar refractivity (Wildman–Crippen MR) is 82.1 cm³/mol. The van der Waals surface area contributed by atoms with E-state index in [9.17, 15) is 4.79 Å². The fourth-order valence-electron chi connectivity index (χ4n) is 2.80. The Labute approximate surface area is 121 Å². The average molecular weight is 275 g/mol. The summed E-state index contributed by atoms with van der Waals surface area (Å²) >= 11 is 0. The van der Waals surface area contributed by atoms with Gasteiger partial charge in [-0.2, -0.15) is 0 Å². The second-order valence-corrected chi connectivity index (χ2v) is 6.33. The van der Waals surface area contributed by atoms with E-state index in [1.807, 2.05) is 24.1 Å². The predicted octanol–water partition coefficient (Wildman–Crippen LogP) is 2.95. The topological polar surface area (TPSA) is 45.2 Å². The maximum atomic E-state index is 12.7. The SMILES string of the molecule is CCc1cc(C(=O)N2CCCC(C)(C)C2)cc(NC)n1. The van der Waals surface area contributed by atoms with E-state index in [0.29, 0.717) is 0 Å². The molecule has 0 bridgehead atoms. The van der Waals surface area contributed by atoms with Gasteiger partial charge >= 0.3 is 0 Å². The molecule has 1 fully saturated rings. The Kier molecular flexibility index (Phi) is 4.31. The molecule has 0 radical (unpaired) electrons. The Morgan fingerprint density at radius 2 is 2.20 bits per heavy atom. The molecular weight excluding hydrogens is 250 g/mol. The number of nitrogens with zero attached hydrogens (tertiary/aromatic N) is 2. The van der Waals surface area contributed by atoms with Gasteiger partial charge < -0.3 is 10.2 Å². The van der Waals surface area contributed by atoms with Gasteiger partial charge in [0, 0.05) is 31.4 Å². The highest BCUT2D eigenvalue weighted by molar-refractivity contribution is 5.95. The molecule has 1 aromatic heterocycles. The normalized spacial score (nSPS) is 17.9. The van der Waals surface area contributed by atoms with Crippen LogP contribution in [-0.2, 0) is 6.42 Å². The highest BCUT2D eigenvalue weighted by Gasteiger charge is 2.29. The van der Waals surface area contributed by atoms with Gasteiger partial charge in [-0.25, -0.2) is 4.98 Å². The third kappa shape index (κ3) is 3.30. The summed E-state index contributed by atoms with van der Waals surface area (Å²) in [5.41, 5.74) is 1.93. The summed E-state index contributed by atoms with van der Waals surface area (Å²) in [6.45, 7) is 8.22. The molecule has 1 aliphatic rings. The van der Waals surface area contributed by atoms with Crippen molar-refractivity contribution in [1.29, 1.82) is 0 Å². The van der Waals surface area contributed by atoms with Gasteiger partial charge in [-0.05, 0) is 36.8 Å². The van der Waals surface area contributed by atoms with Crippen LogP contribution in [0.25, 0.3) is 0 Å². The quantitative estimate of drug-likeness (QED) is 0.922. The minimum Gasteiger partial charge on any atom is -0.373 e. The molecule has 20 heavy (non-hydrogen) atoms. The molecular formula is C16H25N3O. The van der Waals surface area contributed by atoms with Crippen molar-refractivity contribution in [2.45, 2.75) is 40.0 Å². The van der Waals surface area contributed by atoms with Crippen LogP contribution >= 0.6 is 0 Å². The summed E-state index contributed by atoms with van der Waals surface area (Å²) < 4.78 is 0. The van der Waals surface area contributed by atoms with Gasteiger partial charge in [0.25, 0.3) is 5.91 Å². The summed E-state index contributed by atoms with van der Waals surface area (Å²) in [5, 5.41) is 3.03. The lowest BCUT2D eigenvalue weighted by molar-refractivity contribution is 0.0583. The van der Waals surface area contributed by atoms with Crippen molar-refractivity contribution in [3.05, 3.63) is 23.4 Å². The van der Waals surface area contributed by atoms with Gasteiger partial charge in [-0.1, -0.05) is 20.8 Å². The largest absolute Gasteiger partial charge is 0.373 e. The van der Waals surface area contributed by atoms with Crippen molar-refractivity contribution < 1.29 is 4.79 Å². The number of carbonyl (C=O) groups excluding carboxylic acids is 1. The van der Waals surface area contributed by atoms with Crippen LogP contribution in [0.1, 0.15) is 49.7 Å². The summed E-state index contributed by atoms with van der Waals surface area (Å²) in [6.07, 6.45) is 3.11. The lowest BCUT2D eigenvalue weighted by atomic mass is 9.84. The molecule has 0 unspecified atom stereocenters. The monoisotopic (exact) mass is 275 g/mol. The first-order chi connectivity index (χ1) is 9.45. The van der Waals surface area contributed by atoms with Gasteiger partial charge in [0.05, 0.1) is 0 Å². The Morgan fingerprint density at radius 1 is 1.45 bits per heavy atom. The van der Waals surface area contributed by atoms with E-state index in [4.69, 9.17) is 0 Å². The molecule has 1 saturated heterocycles. The number of likely N-dealkylation sites (tertiary alicyclic amines) is 1. The molecule has 0 saturated carbocycles. The zero-order valence-corrected chi connectivity index (χ0v) is 13.0. The number of hydrogen-bond donors (Lipinski definition) is 1. The first-order valence-corrected chi connectivity index (χ1v) is 7.43. The molecule has 0 atom stereocenters. The molecule has 0 aromatic carbocycles. The number of carbonyl (C=O) groups is 1. The number of nitrogens with one attached hydrogen (secondary N) is 1. The van der Waals surface area contributed by atoms with Crippen LogP contribution in [0.3, 0.4) is 0 Å².